The maximum atomic E-state index is 11.6. The minimum absolute atomic E-state index is 0.0802. The van der Waals surface area contributed by atoms with Crippen LogP contribution < -0.4 is 5.32 Å². The summed E-state index contributed by atoms with van der Waals surface area (Å²) < 4.78 is 2.05. The van der Waals surface area contributed by atoms with Crippen LogP contribution in [0.3, 0.4) is 0 Å². The van der Waals surface area contributed by atoms with E-state index in [-0.39, 0.29) is 11.9 Å². The van der Waals surface area contributed by atoms with E-state index >= 15 is 0 Å². The first-order chi connectivity index (χ1) is 10.1. The van der Waals surface area contributed by atoms with Crippen LogP contribution in [0.4, 0.5) is 0 Å². The third-order valence-corrected chi connectivity index (χ3v) is 4.91. The largest absolute Gasteiger partial charge is 0.344 e. The first-order valence-electron chi connectivity index (χ1n) is 7.16. The summed E-state index contributed by atoms with van der Waals surface area (Å²) >= 11 is 1.73. The summed E-state index contributed by atoms with van der Waals surface area (Å²) in [6.07, 6.45) is 5.30. The number of likely N-dealkylation sites (tertiary alicyclic amines) is 1. The van der Waals surface area contributed by atoms with Gasteiger partial charge in [-0.2, -0.15) is 0 Å². The highest BCUT2D eigenvalue weighted by atomic mass is 32.1. The number of imidazole rings is 1. The fourth-order valence-corrected chi connectivity index (χ4v) is 3.56. The smallest absolute Gasteiger partial charge is 0.222 e. The monoisotopic (exact) mass is 304 g/mol. The van der Waals surface area contributed by atoms with Crippen LogP contribution in [-0.4, -0.2) is 40.0 Å². The zero-order valence-corrected chi connectivity index (χ0v) is 13.1. The lowest BCUT2D eigenvalue weighted by Gasteiger charge is -2.32. The van der Waals surface area contributed by atoms with E-state index in [1.807, 2.05) is 31.4 Å². The van der Waals surface area contributed by atoms with Crippen molar-refractivity contribution in [2.24, 2.45) is 7.05 Å². The molecule has 0 spiro atoms. The summed E-state index contributed by atoms with van der Waals surface area (Å²) in [4.78, 5) is 19.2. The number of nitrogens with zero attached hydrogens (tertiary/aromatic N) is 3. The summed E-state index contributed by atoms with van der Waals surface area (Å²) in [5.74, 6) is 1.25. The Hall–Kier alpha value is -1.66. The van der Waals surface area contributed by atoms with E-state index in [1.54, 1.807) is 11.3 Å². The molecule has 0 bridgehead atoms. The number of piperidine rings is 1. The van der Waals surface area contributed by atoms with Gasteiger partial charge in [0.2, 0.25) is 5.91 Å². The fourth-order valence-electron chi connectivity index (χ4n) is 2.78. The molecule has 0 radical (unpaired) electrons. The molecular formula is C15H20N4OS. The predicted octanol–water partition coefficient (Wildman–Crippen LogP) is 1.78. The summed E-state index contributed by atoms with van der Waals surface area (Å²) in [6, 6.07) is 4.58. The maximum absolute atomic E-state index is 11.6. The topological polar surface area (TPSA) is 50.2 Å². The second-order valence-electron chi connectivity index (χ2n) is 5.52. The molecule has 1 fully saturated rings. The van der Waals surface area contributed by atoms with Crippen LogP contribution >= 0.6 is 11.3 Å². The Kier molecular flexibility index (Phi) is 4.07. The third kappa shape index (κ3) is 3.01. The number of carbonyl (C=O) groups excluding carboxylic acids is 1. The van der Waals surface area contributed by atoms with E-state index in [4.69, 9.17) is 0 Å². The SMILES string of the molecule is CN1CC(NC(c2cccs2)c2nccn2C)CCC1=O. The maximum Gasteiger partial charge on any atom is 0.222 e. The molecule has 6 heteroatoms. The summed E-state index contributed by atoms with van der Waals surface area (Å²) in [7, 11) is 3.89. The lowest BCUT2D eigenvalue weighted by Crippen LogP contribution is -2.48. The minimum atomic E-state index is 0.0802. The first-order valence-corrected chi connectivity index (χ1v) is 8.03. The minimum Gasteiger partial charge on any atom is -0.344 e. The van der Waals surface area contributed by atoms with Gasteiger partial charge in [0.15, 0.2) is 0 Å². The highest BCUT2D eigenvalue weighted by Gasteiger charge is 2.27. The van der Waals surface area contributed by atoms with E-state index in [0.29, 0.717) is 12.5 Å². The zero-order chi connectivity index (χ0) is 14.8. The molecule has 1 N–H and O–H groups in total. The number of aryl methyl sites for hydroxylation is 1. The number of nitrogens with one attached hydrogen (secondary N) is 1. The van der Waals surface area contributed by atoms with Crippen LogP contribution in [-0.2, 0) is 11.8 Å². The molecular weight excluding hydrogens is 284 g/mol. The van der Waals surface area contributed by atoms with Gasteiger partial charge in [-0.05, 0) is 17.9 Å². The van der Waals surface area contributed by atoms with Crippen LogP contribution in [0.1, 0.15) is 29.6 Å². The molecule has 0 aromatic carbocycles. The molecule has 3 rings (SSSR count). The number of thiophene rings is 1. The van der Waals surface area contributed by atoms with Gasteiger partial charge in [-0.3, -0.25) is 10.1 Å². The number of carbonyl (C=O) groups is 1. The van der Waals surface area contributed by atoms with E-state index in [9.17, 15) is 4.79 Å². The number of hydrogen-bond donors (Lipinski definition) is 1. The van der Waals surface area contributed by atoms with Crippen LogP contribution in [0.15, 0.2) is 29.9 Å². The number of rotatable bonds is 4. The summed E-state index contributed by atoms with van der Waals surface area (Å²) in [5.41, 5.74) is 0. The van der Waals surface area contributed by atoms with Crippen molar-refractivity contribution in [1.29, 1.82) is 0 Å². The molecule has 2 unspecified atom stereocenters. The van der Waals surface area contributed by atoms with Crippen molar-refractivity contribution in [1.82, 2.24) is 19.8 Å². The molecule has 0 aliphatic carbocycles. The van der Waals surface area contributed by atoms with Crippen molar-refractivity contribution in [3.8, 4) is 0 Å². The van der Waals surface area contributed by atoms with Crippen molar-refractivity contribution in [2.75, 3.05) is 13.6 Å². The standard InChI is InChI=1S/C15H20N4OS/c1-18-8-7-16-15(18)14(12-4-3-9-21-12)17-11-5-6-13(20)19(2)10-11/h3-4,7-9,11,14,17H,5-6,10H2,1-2H3. The Morgan fingerprint density at radius 2 is 2.33 bits per heavy atom. The van der Waals surface area contributed by atoms with Gasteiger partial charge in [0.25, 0.3) is 0 Å². The molecule has 0 saturated carbocycles. The van der Waals surface area contributed by atoms with Gasteiger partial charge in [-0.15, -0.1) is 11.3 Å². The quantitative estimate of drug-likeness (QED) is 0.937. The van der Waals surface area contributed by atoms with Crippen molar-refractivity contribution < 1.29 is 4.79 Å². The van der Waals surface area contributed by atoms with Crippen LogP contribution in [0.25, 0.3) is 0 Å². The van der Waals surface area contributed by atoms with Crippen LogP contribution in [0, 0.1) is 0 Å². The van der Waals surface area contributed by atoms with Crippen molar-refractivity contribution in [2.45, 2.75) is 24.9 Å². The molecule has 21 heavy (non-hydrogen) atoms. The van der Waals surface area contributed by atoms with E-state index in [1.165, 1.54) is 4.88 Å². The summed E-state index contributed by atoms with van der Waals surface area (Å²) in [6.45, 7) is 0.755. The van der Waals surface area contributed by atoms with Gasteiger partial charge < -0.3 is 9.47 Å². The molecule has 3 heterocycles. The highest BCUT2D eigenvalue weighted by molar-refractivity contribution is 7.10. The average molecular weight is 304 g/mol. The second kappa shape index (κ2) is 5.99. The normalized spacial score (nSPS) is 20.8. The molecule has 5 nitrogen and oxygen atoms in total. The van der Waals surface area contributed by atoms with Crippen LogP contribution in [0.2, 0.25) is 0 Å². The van der Waals surface area contributed by atoms with E-state index < -0.39 is 0 Å². The van der Waals surface area contributed by atoms with Crippen molar-refractivity contribution >= 4 is 17.2 Å². The van der Waals surface area contributed by atoms with Crippen LogP contribution in [0.5, 0.6) is 0 Å². The van der Waals surface area contributed by atoms with Gasteiger partial charge >= 0.3 is 0 Å². The highest BCUT2D eigenvalue weighted by Crippen LogP contribution is 2.26. The number of hydrogen-bond acceptors (Lipinski definition) is 4. The van der Waals surface area contributed by atoms with Gasteiger partial charge in [0.1, 0.15) is 11.9 Å². The Bertz CT molecular complexity index is 607. The van der Waals surface area contributed by atoms with E-state index in [0.717, 1.165) is 18.8 Å². The zero-order valence-electron chi connectivity index (χ0n) is 12.3. The van der Waals surface area contributed by atoms with Gasteiger partial charge in [-0.1, -0.05) is 6.07 Å². The van der Waals surface area contributed by atoms with Gasteiger partial charge in [-0.25, -0.2) is 4.98 Å². The van der Waals surface area contributed by atoms with Gasteiger partial charge in [0.05, 0.1) is 0 Å². The number of aromatic nitrogens is 2. The Morgan fingerprint density at radius 1 is 1.48 bits per heavy atom. The molecule has 2 aromatic heterocycles. The number of likely N-dealkylation sites (N-methyl/N-ethyl adjacent to an activating group) is 1. The average Bonchev–Trinajstić information content (AvgIpc) is 3.12. The molecule has 2 atom stereocenters. The van der Waals surface area contributed by atoms with Gasteiger partial charge in [0, 0.05) is 50.4 Å². The van der Waals surface area contributed by atoms with Crippen molar-refractivity contribution in [3.05, 3.63) is 40.6 Å². The fraction of sp³-hybridized carbons (Fsp3) is 0.467. The Labute approximate surface area is 128 Å². The Morgan fingerprint density at radius 3 is 2.95 bits per heavy atom. The number of amides is 1. The molecule has 1 saturated heterocycles. The molecule has 1 amide bonds. The predicted molar refractivity (Wildman–Crippen MR) is 83.2 cm³/mol. The lowest BCUT2D eigenvalue weighted by molar-refractivity contribution is -0.132. The Balaban J connectivity index is 1.81. The molecule has 1 aliphatic heterocycles. The molecule has 112 valence electrons. The summed E-state index contributed by atoms with van der Waals surface area (Å²) in [5, 5.41) is 5.77. The van der Waals surface area contributed by atoms with E-state index in [2.05, 4.69) is 32.4 Å². The second-order valence-corrected chi connectivity index (χ2v) is 6.50. The molecule has 1 aliphatic rings. The van der Waals surface area contributed by atoms with Crippen molar-refractivity contribution in [3.63, 3.8) is 0 Å². The molecule has 2 aromatic rings. The lowest BCUT2D eigenvalue weighted by atomic mass is 10.0. The first kappa shape index (κ1) is 14.3. The third-order valence-electron chi connectivity index (χ3n) is 3.97.